The summed E-state index contributed by atoms with van der Waals surface area (Å²) in [7, 11) is 0. The Bertz CT molecular complexity index is 442. The maximum absolute atomic E-state index is 10.2. The quantitative estimate of drug-likeness (QED) is 0.898. The van der Waals surface area contributed by atoms with Crippen molar-refractivity contribution in [2.24, 2.45) is 0 Å². The Morgan fingerprint density at radius 1 is 1.32 bits per heavy atom. The van der Waals surface area contributed by atoms with Crippen molar-refractivity contribution in [2.75, 3.05) is 19.6 Å². The Kier molecular flexibility index (Phi) is 4.54. The van der Waals surface area contributed by atoms with E-state index >= 15 is 0 Å². The molecule has 4 heteroatoms. The molecule has 0 amide bonds. The van der Waals surface area contributed by atoms with E-state index in [1.54, 1.807) is 12.1 Å². The lowest BCUT2D eigenvalue weighted by Crippen LogP contribution is -2.46. The van der Waals surface area contributed by atoms with Crippen LogP contribution in [0, 0.1) is 11.3 Å². The highest BCUT2D eigenvalue weighted by molar-refractivity contribution is 5.32. The van der Waals surface area contributed by atoms with Gasteiger partial charge in [-0.1, -0.05) is 12.1 Å². The van der Waals surface area contributed by atoms with Crippen LogP contribution in [0.5, 0.6) is 0 Å². The molecule has 3 unspecified atom stereocenters. The first-order valence-electron chi connectivity index (χ1n) is 6.64. The lowest BCUT2D eigenvalue weighted by molar-refractivity contribution is -0.0767. The van der Waals surface area contributed by atoms with Gasteiger partial charge in [0.05, 0.1) is 29.9 Å². The number of morpholine rings is 1. The first kappa shape index (κ1) is 14.0. The number of ether oxygens (including phenoxy) is 1. The van der Waals surface area contributed by atoms with Gasteiger partial charge in [0.1, 0.15) is 0 Å². The van der Waals surface area contributed by atoms with Crippen LogP contribution in [0.25, 0.3) is 0 Å². The summed E-state index contributed by atoms with van der Waals surface area (Å²) in [4.78, 5) is 2.22. The number of aliphatic hydroxyl groups excluding tert-OH is 1. The van der Waals surface area contributed by atoms with Gasteiger partial charge in [-0.2, -0.15) is 5.26 Å². The minimum absolute atomic E-state index is 0.205. The van der Waals surface area contributed by atoms with Crippen LogP contribution in [0.4, 0.5) is 0 Å². The molecule has 2 rings (SSSR count). The van der Waals surface area contributed by atoms with Crippen LogP contribution < -0.4 is 0 Å². The summed E-state index contributed by atoms with van der Waals surface area (Å²) < 4.78 is 5.67. The summed E-state index contributed by atoms with van der Waals surface area (Å²) in [6.45, 7) is 6.40. The highest BCUT2D eigenvalue weighted by Gasteiger charge is 2.24. The lowest BCUT2D eigenvalue weighted by Gasteiger charge is -2.36. The SMILES string of the molecule is CC1CN(CC(O)c2ccc(C#N)cc2)CC(C)O1. The molecule has 1 saturated heterocycles. The second-order valence-electron chi connectivity index (χ2n) is 5.23. The van der Waals surface area contributed by atoms with Gasteiger partial charge in [-0.25, -0.2) is 0 Å². The molecule has 1 fully saturated rings. The fourth-order valence-electron chi connectivity index (χ4n) is 2.56. The third kappa shape index (κ3) is 3.77. The fraction of sp³-hybridized carbons (Fsp3) is 0.533. The van der Waals surface area contributed by atoms with E-state index in [4.69, 9.17) is 10.00 Å². The third-order valence-electron chi connectivity index (χ3n) is 3.35. The number of hydrogen-bond donors (Lipinski definition) is 1. The number of β-amino-alcohol motifs (C(OH)–C–C–N with tert-alkyl or cyclic N) is 1. The van der Waals surface area contributed by atoms with Crippen LogP contribution in [0.2, 0.25) is 0 Å². The van der Waals surface area contributed by atoms with Crippen molar-refractivity contribution >= 4 is 0 Å². The van der Waals surface area contributed by atoms with Gasteiger partial charge in [0.2, 0.25) is 0 Å². The van der Waals surface area contributed by atoms with Gasteiger partial charge in [-0.3, -0.25) is 4.90 Å². The van der Waals surface area contributed by atoms with Crippen molar-refractivity contribution in [1.82, 2.24) is 4.90 Å². The van der Waals surface area contributed by atoms with E-state index in [2.05, 4.69) is 24.8 Å². The fourth-order valence-corrected chi connectivity index (χ4v) is 2.56. The monoisotopic (exact) mass is 260 g/mol. The molecule has 19 heavy (non-hydrogen) atoms. The Hall–Kier alpha value is -1.41. The zero-order chi connectivity index (χ0) is 13.8. The topological polar surface area (TPSA) is 56.5 Å². The minimum atomic E-state index is -0.523. The van der Waals surface area contributed by atoms with Crippen LogP contribution in [0.1, 0.15) is 31.1 Å². The van der Waals surface area contributed by atoms with Crippen LogP contribution in [-0.2, 0) is 4.74 Å². The van der Waals surface area contributed by atoms with Gasteiger partial charge in [-0.15, -0.1) is 0 Å². The second-order valence-corrected chi connectivity index (χ2v) is 5.23. The van der Waals surface area contributed by atoms with Crippen molar-refractivity contribution in [1.29, 1.82) is 5.26 Å². The normalized spacial score (nSPS) is 25.8. The van der Waals surface area contributed by atoms with Gasteiger partial charge in [-0.05, 0) is 31.5 Å². The number of rotatable bonds is 3. The van der Waals surface area contributed by atoms with Gasteiger partial charge in [0.15, 0.2) is 0 Å². The summed E-state index contributed by atoms with van der Waals surface area (Å²) in [5, 5.41) is 19.0. The van der Waals surface area contributed by atoms with E-state index in [-0.39, 0.29) is 12.2 Å². The van der Waals surface area contributed by atoms with Crippen molar-refractivity contribution in [3.63, 3.8) is 0 Å². The number of nitriles is 1. The third-order valence-corrected chi connectivity index (χ3v) is 3.35. The van der Waals surface area contributed by atoms with Crippen LogP contribution in [0.15, 0.2) is 24.3 Å². The zero-order valence-corrected chi connectivity index (χ0v) is 11.4. The largest absolute Gasteiger partial charge is 0.387 e. The van der Waals surface area contributed by atoms with E-state index in [0.717, 1.165) is 18.7 Å². The van der Waals surface area contributed by atoms with Gasteiger partial charge < -0.3 is 9.84 Å². The van der Waals surface area contributed by atoms with Crippen LogP contribution in [0.3, 0.4) is 0 Å². The maximum atomic E-state index is 10.2. The molecule has 1 aliphatic heterocycles. The first-order chi connectivity index (χ1) is 9.08. The molecule has 0 spiro atoms. The molecular formula is C15H20N2O2. The highest BCUT2D eigenvalue weighted by Crippen LogP contribution is 2.18. The maximum Gasteiger partial charge on any atom is 0.0991 e. The zero-order valence-electron chi connectivity index (χ0n) is 11.4. The minimum Gasteiger partial charge on any atom is -0.387 e. The standard InChI is InChI=1S/C15H20N2O2/c1-11-8-17(9-12(2)19-11)10-15(18)14-5-3-13(7-16)4-6-14/h3-6,11-12,15,18H,8-10H2,1-2H3. The molecule has 0 aliphatic carbocycles. The molecule has 0 radical (unpaired) electrons. The Balaban J connectivity index is 1.96. The molecule has 0 bridgehead atoms. The van der Waals surface area contributed by atoms with E-state index in [0.29, 0.717) is 12.1 Å². The lowest BCUT2D eigenvalue weighted by atomic mass is 10.1. The van der Waals surface area contributed by atoms with Gasteiger partial charge in [0, 0.05) is 19.6 Å². The number of nitrogens with zero attached hydrogens (tertiary/aromatic N) is 2. The highest BCUT2D eigenvalue weighted by atomic mass is 16.5. The molecule has 4 nitrogen and oxygen atoms in total. The summed E-state index contributed by atoms with van der Waals surface area (Å²) in [6.07, 6.45) is -0.112. The Labute approximate surface area is 114 Å². The average molecular weight is 260 g/mol. The molecule has 0 aromatic heterocycles. The predicted molar refractivity (Wildman–Crippen MR) is 72.6 cm³/mol. The number of benzene rings is 1. The smallest absolute Gasteiger partial charge is 0.0991 e. The predicted octanol–water partition coefficient (Wildman–Crippen LogP) is 1.70. The van der Waals surface area contributed by atoms with E-state index < -0.39 is 6.10 Å². The average Bonchev–Trinajstić information content (AvgIpc) is 2.37. The molecule has 1 heterocycles. The Morgan fingerprint density at radius 2 is 1.89 bits per heavy atom. The van der Waals surface area contributed by atoms with Gasteiger partial charge >= 0.3 is 0 Å². The molecule has 0 saturated carbocycles. The molecule has 102 valence electrons. The van der Waals surface area contributed by atoms with Crippen LogP contribution >= 0.6 is 0 Å². The summed E-state index contributed by atoms with van der Waals surface area (Å²) in [5.41, 5.74) is 1.47. The summed E-state index contributed by atoms with van der Waals surface area (Å²) in [6, 6.07) is 9.19. The van der Waals surface area contributed by atoms with E-state index in [1.165, 1.54) is 0 Å². The molecule has 1 aliphatic rings. The summed E-state index contributed by atoms with van der Waals surface area (Å²) >= 11 is 0. The molecule has 3 atom stereocenters. The number of aliphatic hydroxyl groups is 1. The van der Waals surface area contributed by atoms with E-state index in [1.807, 2.05) is 12.1 Å². The molecule has 1 N–H and O–H groups in total. The van der Waals surface area contributed by atoms with Crippen molar-refractivity contribution < 1.29 is 9.84 Å². The number of hydrogen-bond acceptors (Lipinski definition) is 4. The van der Waals surface area contributed by atoms with Crippen molar-refractivity contribution in [3.8, 4) is 6.07 Å². The van der Waals surface area contributed by atoms with Crippen LogP contribution in [-0.4, -0.2) is 41.8 Å². The van der Waals surface area contributed by atoms with Gasteiger partial charge in [0.25, 0.3) is 0 Å². The Morgan fingerprint density at radius 3 is 2.42 bits per heavy atom. The first-order valence-corrected chi connectivity index (χ1v) is 6.64. The van der Waals surface area contributed by atoms with E-state index in [9.17, 15) is 5.11 Å². The molecule has 1 aromatic rings. The molecular weight excluding hydrogens is 240 g/mol. The second kappa shape index (κ2) is 6.16. The molecule has 1 aromatic carbocycles. The van der Waals surface area contributed by atoms with Crippen molar-refractivity contribution in [3.05, 3.63) is 35.4 Å². The van der Waals surface area contributed by atoms with Crippen molar-refractivity contribution in [2.45, 2.75) is 32.2 Å². The summed E-state index contributed by atoms with van der Waals surface area (Å²) in [5.74, 6) is 0.